The highest BCUT2D eigenvalue weighted by Gasteiger charge is 2.08. The van der Waals surface area contributed by atoms with Crippen LogP contribution in [0.1, 0.15) is 11.1 Å². The first kappa shape index (κ1) is 20.7. The Morgan fingerprint density at radius 3 is 2.67 bits per heavy atom. The van der Waals surface area contributed by atoms with Crippen LogP contribution >= 0.6 is 15.9 Å². The number of allylic oxidation sites excluding steroid dienone is 2. The lowest BCUT2D eigenvalue weighted by molar-refractivity contribution is -0.105. The molecular weight excluding hydrogens is 406 g/mol. The SMILES string of the molecule is CN/N=C(\C=C(/C=O)N(C)C)Cc1ccc(C)c(Oc2cccc(Br)c2)c1. The van der Waals surface area contributed by atoms with E-state index in [2.05, 4.69) is 26.5 Å². The molecule has 0 unspecified atom stereocenters. The smallest absolute Gasteiger partial charge is 0.166 e. The molecule has 2 aromatic rings. The van der Waals surface area contributed by atoms with Crippen molar-refractivity contribution >= 4 is 27.9 Å². The van der Waals surface area contributed by atoms with Crippen LogP contribution in [0.2, 0.25) is 0 Å². The monoisotopic (exact) mass is 429 g/mol. The second kappa shape index (κ2) is 9.92. The van der Waals surface area contributed by atoms with Crippen molar-refractivity contribution in [1.82, 2.24) is 10.3 Å². The fraction of sp³-hybridized carbons (Fsp3) is 0.238. The lowest BCUT2D eigenvalue weighted by Crippen LogP contribution is -2.16. The Morgan fingerprint density at radius 2 is 2.04 bits per heavy atom. The van der Waals surface area contributed by atoms with Crippen LogP contribution in [0.3, 0.4) is 0 Å². The summed E-state index contributed by atoms with van der Waals surface area (Å²) in [6.07, 6.45) is 3.17. The van der Waals surface area contributed by atoms with E-state index in [0.29, 0.717) is 12.1 Å². The van der Waals surface area contributed by atoms with Gasteiger partial charge in [0.25, 0.3) is 0 Å². The number of hydrogen-bond acceptors (Lipinski definition) is 5. The molecule has 0 heterocycles. The Morgan fingerprint density at radius 1 is 1.26 bits per heavy atom. The Balaban J connectivity index is 2.27. The van der Waals surface area contributed by atoms with E-state index in [0.717, 1.165) is 39.1 Å². The molecule has 0 fully saturated rings. The number of benzene rings is 2. The van der Waals surface area contributed by atoms with Crippen molar-refractivity contribution in [3.05, 3.63) is 69.8 Å². The van der Waals surface area contributed by atoms with E-state index in [9.17, 15) is 4.79 Å². The lowest BCUT2D eigenvalue weighted by atomic mass is 10.0. The Kier molecular flexibility index (Phi) is 7.61. The lowest BCUT2D eigenvalue weighted by Gasteiger charge is -2.13. The number of nitrogens with one attached hydrogen (secondary N) is 1. The minimum atomic E-state index is 0.557. The summed E-state index contributed by atoms with van der Waals surface area (Å²) < 4.78 is 7.01. The van der Waals surface area contributed by atoms with Crippen molar-refractivity contribution in [2.45, 2.75) is 13.3 Å². The molecule has 142 valence electrons. The van der Waals surface area contributed by atoms with Crippen molar-refractivity contribution in [2.75, 3.05) is 21.1 Å². The largest absolute Gasteiger partial charge is 0.457 e. The Labute approximate surface area is 168 Å². The molecule has 2 aromatic carbocycles. The third-order valence-corrected chi connectivity index (χ3v) is 4.36. The number of ether oxygens (including phenoxy) is 1. The maximum absolute atomic E-state index is 11.3. The minimum absolute atomic E-state index is 0.557. The van der Waals surface area contributed by atoms with Gasteiger partial charge in [-0.15, -0.1) is 0 Å². The average Bonchev–Trinajstić information content (AvgIpc) is 2.62. The van der Waals surface area contributed by atoms with Gasteiger partial charge in [0, 0.05) is 32.0 Å². The molecule has 0 atom stereocenters. The molecule has 0 aliphatic heterocycles. The van der Waals surface area contributed by atoms with Gasteiger partial charge in [0.1, 0.15) is 11.5 Å². The molecule has 1 N–H and O–H groups in total. The maximum Gasteiger partial charge on any atom is 0.166 e. The van der Waals surface area contributed by atoms with Crippen LogP contribution in [-0.4, -0.2) is 38.0 Å². The first-order valence-electron chi connectivity index (χ1n) is 8.53. The summed E-state index contributed by atoms with van der Waals surface area (Å²) in [5, 5.41) is 4.29. The molecule has 0 aliphatic rings. The highest BCUT2D eigenvalue weighted by Crippen LogP contribution is 2.28. The standard InChI is InChI=1S/C21H24BrN3O2/c1-15-8-9-16(10-18(24-23-2)13-19(14-26)25(3)4)11-21(15)27-20-7-5-6-17(22)12-20/h5-9,11-14,23H,10H2,1-4H3/b19-13+,24-18-. The van der Waals surface area contributed by atoms with Gasteiger partial charge in [-0.2, -0.15) is 5.10 Å². The molecule has 0 spiro atoms. The maximum atomic E-state index is 11.3. The molecule has 6 heteroatoms. The summed E-state index contributed by atoms with van der Waals surface area (Å²) in [5.41, 5.74) is 6.20. The predicted molar refractivity (Wildman–Crippen MR) is 113 cm³/mol. The van der Waals surface area contributed by atoms with Gasteiger partial charge in [-0.1, -0.05) is 34.1 Å². The third kappa shape index (κ3) is 6.25. The number of aryl methyl sites for hydroxylation is 1. The van der Waals surface area contributed by atoms with Gasteiger partial charge >= 0.3 is 0 Å². The van der Waals surface area contributed by atoms with Crippen LogP contribution in [0.15, 0.2) is 63.8 Å². The summed E-state index contributed by atoms with van der Waals surface area (Å²) in [4.78, 5) is 13.0. The van der Waals surface area contributed by atoms with E-state index in [4.69, 9.17) is 4.74 Å². The average molecular weight is 430 g/mol. The molecule has 5 nitrogen and oxygen atoms in total. The van der Waals surface area contributed by atoms with Crippen molar-refractivity contribution < 1.29 is 9.53 Å². The van der Waals surface area contributed by atoms with Gasteiger partial charge in [0.05, 0.1) is 11.4 Å². The van der Waals surface area contributed by atoms with Crippen LogP contribution in [0.4, 0.5) is 0 Å². The zero-order valence-electron chi connectivity index (χ0n) is 16.0. The van der Waals surface area contributed by atoms with Crippen LogP contribution in [-0.2, 0) is 11.2 Å². The van der Waals surface area contributed by atoms with Crippen LogP contribution in [0, 0.1) is 6.92 Å². The van der Waals surface area contributed by atoms with Crippen molar-refractivity contribution in [1.29, 1.82) is 0 Å². The normalized spacial score (nSPS) is 11.9. The minimum Gasteiger partial charge on any atom is -0.457 e. The summed E-state index contributed by atoms with van der Waals surface area (Å²) in [6.45, 7) is 2.01. The van der Waals surface area contributed by atoms with Crippen LogP contribution in [0.25, 0.3) is 0 Å². The topological polar surface area (TPSA) is 53.9 Å². The van der Waals surface area contributed by atoms with Crippen molar-refractivity contribution in [3.8, 4) is 11.5 Å². The number of rotatable bonds is 8. The zero-order valence-corrected chi connectivity index (χ0v) is 17.6. The van der Waals surface area contributed by atoms with Gasteiger partial charge in [-0.05, 0) is 48.4 Å². The highest BCUT2D eigenvalue weighted by atomic mass is 79.9. The van der Waals surface area contributed by atoms with Crippen molar-refractivity contribution in [3.63, 3.8) is 0 Å². The fourth-order valence-electron chi connectivity index (χ4n) is 2.44. The molecular formula is C21H24BrN3O2. The number of carbonyl (C=O) groups is 1. The number of nitrogens with zero attached hydrogens (tertiary/aromatic N) is 2. The van der Waals surface area contributed by atoms with E-state index in [1.807, 2.05) is 63.5 Å². The molecule has 27 heavy (non-hydrogen) atoms. The van der Waals surface area contributed by atoms with Crippen LogP contribution in [0.5, 0.6) is 11.5 Å². The van der Waals surface area contributed by atoms with E-state index in [1.165, 1.54) is 0 Å². The summed E-state index contributed by atoms with van der Waals surface area (Å²) in [7, 11) is 5.39. The van der Waals surface area contributed by atoms with Gasteiger partial charge < -0.3 is 15.1 Å². The number of carbonyl (C=O) groups excluding carboxylic acids is 1. The van der Waals surface area contributed by atoms with Crippen molar-refractivity contribution in [2.24, 2.45) is 5.10 Å². The second-order valence-corrected chi connectivity index (χ2v) is 7.16. The molecule has 0 aromatic heterocycles. The van der Waals surface area contributed by atoms with Gasteiger partial charge in [-0.3, -0.25) is 4.79 Å². The number of aldehydes is 1. The number of hydrogen-bond donors (Lipinski definition) is 1. The molecule has 0 aliphatic carbocycles. The van der Waals surface area contributed by atoms with E-state index in [-0.39, 0.29) is 0 Å². The van der Waals surface area contributed by atoms with E-state index >= 15 is 0 Å². The number of hydrazone groups is 1. The van der Waals surface area contributed by atoms with Gasteiger partial charge in [-0.25, -0.2) is 0 Å². The Bertz CT molecular complexity index is 860. The molecule has 0 bridgehead atoms. The zero-order chi connectivity index (χ0) is 19.8. The molecule has 0 amide bonds. The summed E-state index contributed by atoms with van der Waals surface area (Å²) in [5.74, 6) is 1.56. The highest BCUT2D eigenvalue weighted by molar-refractivity contribution is 9.10. The quantitative estimate of drug-likeness (QED) is 0.294. The molecule has 0 saturated heterocycles. The Hall–Kier alpha value is -2.60. The summed E-state index contributed by atoms with van der Waals surface area (Å²) in [6, 6.07) is 13.8. The fourth-order valence-corrected chi connectivity index (χ4v) is 2.81. The van der Waals surface area contributed by atoms with E-state index in [1.54, 1.807) is 18.0 Å². The first-order valence-corrected chi connectivity index (χ1v) is 9.32. The molecule has 0 saturated carbocycles. The third-order valence-electron chi connectivity index (χ3n) is 3.87. The van der Waals surface area contributed by atoms with Crippen LogP contribution < -0.4 is 10.2 Å². The second-order valence-electron chi connectivity index (χ2n) is 6.24. The molecule has 0 radical (unpaired) electrons. The van der Waals surface area contributed by atoms with Gasteiger partial charge in [0.15, 0.2) is 6.29 Å². The van der Waals surface area contributed by atoms with E-state index < -0.39 is 0 Å². The van der Waals surface area contributed by atoms with Gasteiger partial charge in [0.2, 0.25) is 0 Å². The number of halogens is 1. The molecule has 2 rings (SSSR count). The summed E-state index contributed by atoms with van der Waals surface area (Å²) >= 11 is 3.46. The first-order chi connectivity index (χ1) is 12.9. The predicted octanol–water partition coefficient (Wildman–Crippen LogP) is 4.31. The number of likely N-dealkylation sites (N-methyl/N-ethyl adjacent to an activating group) is 1.